The van der Waals surface area contributed by atoms with Gasteiger partial charge in [0.15, 0.2) is 0 Å². The molecular formula is C18H23N3O. The second kappa shape index (κ2) is 8.17. The smallest absolute Gasteiger partial charge is 0.143 e. The first-order valence-electron chi connectivity index (χ1n) is 7.81. The van der Waals surface area contributed by atoms with E-state index >= 15 is 0 Å². The molecule has 4 nitrogen and oxygen atoms in total. The zero-order valence-corrected chi connectivity index (χ0v) is 13.2. The van der Waals surface area contributed by atoms with Crippen LogP contribution in [-0.2, 0) is 6.42 Å². The molecule has 2 rings (SSSR count). The lowest BCUT2D eigenvalue weighted by Crippen LogP contribution is -2.03. The van der Waals surface area contributed by atoms with Crippen LogP contribution in [0.2, 0.25) is 0 Å². The van der Waals surface area contributed by atoms with Crippen molar-refractivity contribution in [3.05, 3.63) is 48.0 Å². The number of hydrogen-bond donors (Lipinski definition) is 2. The molecule has 4 heteroatoms. The standard InChI is InChI=1S/C18H23N3O/c1-3-5-11-19-16-13-17(18(22)12-14(16)4-2)21-20-15-9-7-6-8-10-15/h6-10,12-13,19,22H,3-5,11H2,1-2H3. The summed E-state index contributed by atoms with van der Waals surface area (Å²) >= 11 is 0. The first-order valence-corrected chi connectivity index (χ1v) is 7.81. The van der Waals surface area contributed by atoms with E-state index in [0.717, 1.165) is 42.7 Å². The van der Waals surface area contributed by atoms with Gasteiger partial charge in [0.25, 0.3) is 0 Å². The molecule has 0 radical (unpaired) electrons. The van der Waals surface area contributed by atoms with Gasteiger partial charge >= 0.3 is 0 Å². The average Bonchev–Trinajstić information content (AvgIpc) is 2.55. The molecule has 0 saturated carbocycles. The van der Waals surface area contributed by atoms with Gasteiger partial charge in [0, 0.05) is 12.2 Å². The summed E-state index contributed by atoms with van der Waals surface area (Å²) in [4.78, 5) is 0. The highest BCUT2D eigenvalue weighted by Gasteiger charge is 2.08. The SMILES string of the molecule is CCCCNc1cc(N=Nc2ccccc2)c(O)cc1CC. The molecule has 2 aromatic rings. The first kappa shape index (κ1) is 16.0. The van der Waals surface area contributed by atoms with Crippen LogP contribution in [0.25, 0.3) is 0 Å². The zero-order valence-electron chi connectivity index (χ0n) is 13.2. The van der Waals surface area contributed by atoms with Gasteiger partial charge < -0.3 is 10.4 Å². The van der Waals surface area contributed by atoms with Crippen LogP contribution < -0.4 is 5.32 Å². The third-order valence-corrected chi connectivity index (χ3v) is 3.46. The van der Waals surface area contributed by atoms with Crippen molar-refractivity contribution in [3.63, 3.8) is 0 Å². The average molecular weight is 297 g/mol. The summed E-state index contributed by atoms with van der Waals surface area (Å²) in [6.07, 6.45) is 3.12. The van der Waals surface area contributed by atoms with E-state index in [1.54, 1.807) is 6.07 Å². The van der Waals surface area contributed by atoms with E-state index in [9.17, 15) is 5.11 Å². The van der Waals surface area contributed by atoms with Crippen molar-refractivity contribution in [1.82, 2.24) is 0 Å². The topological polar surface area (TPSA) is 57.0 Å². The molecule has 0 bridgehead atoms. The predicted molar refractivity (Wildman–Crippen MR) is 91.5 cm³/mol. The Morgan fingerprint density at radius 2 is 1.82 bits per heavy atom. The van der Waals surface area contributed by atoms with Crippen LogP contribution >= 0.6 is 0 Å². The summed E-state index contributed by atoms with van der Waals surface area (Å²) in [5, 5.41) is 21.9. The maximum Gasteiger partial charge on any atom is 0.143 e. The molecule has 0 aliphatic carbocycles. The summed E-state index contributed by atoms with van der Waals surface area (Å²) in [7, 11) is 0. The molecule has 0 heterocycles. The van der Waals surface area contributed by atoms with Crippen molar-refractivity contribution >= 4 is 17.1 Å². The van der Waals surface area contributed by atoms with Crippen LogP contribution in [0, 0.1) is 0 Å². The second-order valence-corrected chi connectivity index (χ2v) is 5.17. The second-order valence-electron chi connectivity index (χ2n) is 5.17. The third kappa shape index (κ3) is 4.32. The van der Waals surface area contributed by atoms with Crippen LogP contribution in [0.15, 0.2) is 52.7 Å². The van der Waals surface area contributed by atoms with Gasteiger partial charge in [0.05, 0.1) is 5.69 Å². The Morgan fingerprint density at radius 3 is 2.50 bits per heavy atom. The Hall–Kier alpha value is -2.36. The molecule has 0 spiro atoms. The summed E-state index contributed by atoms with van der Waals surface area (Å²) < 4.78 is 0. The molecule has 0 amide bonds. The lowest BCUT2D eigenvalue weighted by atomic mass is 10.1. The minimum Gasteiger partial charge on any atom is -0.506 e. The first-order chi connectivity index (χ1) is 10.7. The monoisotopic (exact) mass is 297 g/mol. The quantitative estimate of drug-likeness (QED) is 0.398. The molecule has 2 aromatic carbocycles. The fourth-order valence-electron chi connectivity index (χ4n) is 2.16. The van der Waals surface area contributed by atoms with E-state index in [1.165, 1.54) is 0 Å². The Kier molecular flexibility index (Phi) is 5.95. The minimum absolute atomic E-state index is 0.164. The molecule has 116 valence electrons. The third-order valence-electron chi connectivity index (χ3n) is 3.46. The van der Waals surface area contributed by atoms with Gasteiger partial charge in [-0.25, -0.2) is 0 Å². The zero-order chi connectivity index (χ0) is 15.8. The van der Waals surface area contributed by atoms with Gasteiger partial charge in [-0.2, -0.15) is 5.11 Å². The number of aromatic hydroxyl groups is 1. The number of hydrogen-bond acceptors (Lipinski definition) is 4. The summed E-state index contributed by atoms with van der Waals surface area (Å²) in [6, 6.07) is 13.1. The highest BCUT2D eigenvalue weighted by molar-refractivity contribution is 5.65. The number of nitrogens with zero attached hydrogens (tertiary/aromatic N) is 2. The van der Waals surface area contributed by atoms with Crippen molar-refractivity contribution in [1.29, 1.82) is 0 Å². The fourth-order valence-corrected chi connectivity index (χ4v) is 2.16. The van der Waals surface area contributed by atoms with Crippen LogP contribution in [-0.4, -0.2) is 11.7 Å². The van der Waals surface area contributed by atoms with E-state index in [-0.39, 0.29) is 5.75 Å². The maximum absolute atomic E-state index is 10.1. The number of anilines is 1. The number of azo groups is 1. The van der Waals surface area contributed by atoms with E-state index in [4.69, 9.17) is 0 Å². The van der Waals surface area contributed by atoms with Crippen molar-refractivity contribution < 1.29 is 5.11 Å². The van der Waals surface area contributed by atoms with Crippen LogP contribution in [0.4, 0.5) is 17.1 Å². The number of phenols is 1. The van der Waals surface area contributed by atoms with Crippen LogP contribution in [0.5, 0.6) is 5.75 Å². The number of unbranched alkanes of at least 4 members (excludes halogenated alkanes) is 1. The largest absolute Gasteiger partial charge is 0.506 e. The number of phenolic OH excluding ortho intramolecular Hbond substituents is 1. The van der Waals surface area contributed by atoms with Crippen molar-refractivity contribution in [2.75, 3.05) is 11.9 Å². The molecule has 0 unspecified atom stereocenters. The Morgan fingerprint density at radius 1 is 1.05 bits per heavy atom. The minimum atomic E-state index is 0.164. The normalized spacial score (nSPS) is 11.0. The van der Waals surface area contributed by atoms with Crippen molar-refractivity contribution in [2.45, 2.75) is 33.1 Å². The van der Waals surface area contributed by atoms with Gasteiger partial charge in [0.1, 0.15) is 11.4 Å². The van der Waals surface area contributed by atoms with Gasteiger partial charge in [0.2, 0.25) is 0 Å². The molecule has 0 aliphatic heterocycles. The number of nitrogens with one attached hydrogen (secondary N) is 1. The van der Waals surface area contributed by atoms with E-state index in [0.29, 0.717) is 5.69 Å². The van der Waals surface area contributed by atoms with E-state index in [1.807, 2.05) is 36.4 Å². The van der Waals surface area contributed by atoms with Crippen LogP contribution in [0.3, 0.4) is 0 Å². The lowest BCUT2D eigenvalue weighted by molar-refractivity contribution is 0.475. The molecule has 22 heavy (non-hydrogen) atoms. The van der Waals surface area contributed by atoms with Crippen molar-refractivity contribution in [3.8, 4) is 5.75 Å². The van der Waals surface area contributed by atoms with Gasteiger partial charge in [-0.1, -0.05) is 38.5 Å². The van der Waals surface area contributed by atoms with Gasteiger partial charge in [-0.3, -0.25) is 0 Å². The molecule has 0 atom stereocenters. The Balaban J connectivity index is 2.23. The molecular weight excluding hydrogens is 274 g/mol. The Bertz CT molecular complexity index is 624. The van der Waals surface area contributed by atoms with Gasteiger partial charge in [-0.05, 0) is 42.7 Å². The van der Waals surface area contributed by atoms with E-state index in [2.05, 4.69) is 29.4 Å². The highest BCUT2D eigenvalue weighted by atomic mass is 16.3. The van der Waals surface area contributed by atoms with Crippen LogP contribution in [0.1, 0.15) is 32.3 Å². The van der Waals surface area contributed by atoms with E-state index < -0.39 is 0 Å². The maximum atomic E-state index is 10.1. The summed E-state index contributed by atoms with van der Waals surface area (Å²) in [6.45, 7) is 5.16. The fraction of sp³-hybridized carbons (Fsp3) is 0.333. The molecule has 0 aliphatic rings. The molecule has 2 N–H and O–H groups in total. The summed E-state index contributed by atoms with van der Waals surface area (Å²) in [5.74, 6) is 0.164. The Labute approximate surface area is 131 Å². The molecule has 0 saturated heterocycles. The van der Waals surface area contributed by atoms with Gasteiger partial charge in [-0.15, -0.1) is 5.11 Å². The summed E-state index contributed by atoms with van der Waals surface area (Å²) in [5.41, 5.74) is 3.37. The molecule has 0 fully saturated rings. The molecule has 0 aromatic heterocycles. The predicted octanol–water partition coefficient (Wildman–Crippen LogP) is 5.58. The highest BCUT2D eigenvalue weighted by Crippen LogP contribution is 2.34. The van der Waals surface area contributed by atoms with Crippen molar-refractivity contribution in [2.24, 2.45) is 10.2 Å². The number of benzene rings is 2. The number of aryl methyl sites for hydroxylation is 1. The number of rotatable bonds is 7. The lowest BCUT2D eigenvalue weighted by Gasteiger charge is -2.12.